The molecule has 1 rings (SSSR count). The molecule has 0 aromatic heterocycles. The Hall–Kier alpha value is -1.46. The first-order valence-electron chi connectivity index (χ1n) is 7.36. The van der Waals surface area contributed by atoms with E-state index in [9.17, 15) is 14.3 Å². The number of carbonyl (C=O) groups is 1. The van der Waals surface area contributed by atoms with Crippen LogP contribution < -0.4 is 5.32 Å². The Bertz CT molecular complexity index is 446. The van der Waals surface area contributed by atoms with Gasteiger partial charge < -0.3 is 15.3 Å². The van der Waals surface area contributed by atoms with Gasteiger partial charge in [-0.25, -0.2) is 4.39 Å². The predicted molar refractivity (Wildman–Crippen MR) is 81.9 cm³/mol. The maximum atomic E-state index is 12.9. The van der Waals surface area contributed by atoms with Crippen molar-refractivity contribution in [2.45, 2.75) is 32.7 Å². The quantitative estimate of drug-likeness (QED) is 0.733. The normalized spacial score (nSPS) is 14.1. The van der Waals surface area contributed by atoms with Gasteiger partial charge in [-0.15, -0.1) is 0 Å². The van der Waals surface area contributed by atoms with Crippen LogP contribution in [0.2, 0.25) is 0 Å². The van der Waals surface area contributed by atoms with Crippen molar-refractivity contribution in [2.75, 3.05) is 26.2 Å². The van der Waals surface area contributed by atoms with Gasteiger partial charge >= 0.3 is 5.97 Å². The molecule has 0 bridgehead atoms. The van der Waals surface area contributed by atoms with Crippen LogP contribution in [0.25, 0.3) is 0 Å². The van der Waals surface area contributed by atoms with E-state index in [1.165, 1.54) is 12.1 Å². The van der Waals surface area contributed by atoms with Gasteiger partial charge in [-0.1, -0.05) is 26.0 Å². The van der Waals surface area contributed by atoms with Crippen molar-refractivity contribution < 1.29 is 14.3 Å². The zero-order chi connectivity index (χ0) is 15.9. The summed E-state index contributed by atoms with van der Waals surface area (Å²) < 4.78 is 12.9. The molecule has 0 amide bonds. The van der Waals surface area contributed by atoms with Crippen LogP contribution in [0.4, 0.5) is 4.39 Å². The Kier molecular flexibility index (Phi) is 6.78. The van der Waals surface area contributed by atoms with Crippen molar-refractivity contribution in [1.82, 2.24) is 10.2 Å². The molecule has 0 heterocycles. The largest absolute Gasteiger partial charge is 0.480 e. The van der Waals surface area contributed by atoms with Gasteiger partial charge in [0.25, 0.3) is 0 Å². The van der Waals surface area contributed by atoms with Gasteiger partial charge in [0, 0.05) is 19.5 Å². The average molecular weight is 296 g/mol. The molecule has 21 heavy (non-hydrogen) atoms. The molecule has 0 aliphatic heterocycles. The summed E-state index contributed by atoms with van der Waals surface area (Å²) in [5, 5.41) is 12.6. The first kappa shape index (κ1) is 17.6. The van der Waals surface area contributed by atoms with Crippen LogP contribution in [0.1, 0.15) is 26.3 Å². The molecule has 5 heteroatoms. The van der Waals surface area contributed by atoms with E-state index in [1.807, 2.05) is 0 Å². The number of hydrogen-bond acceptors (Lipinski definition) is 3. The van der Waals surface area contributed by atoms with Crippen molar-refractivity contribution in [3.63, 3.8) is 0 Å². The maximum absolute atomic E-state index is 12.9. The monoisotopic (exact) mass is 296 g/mol. The van der Waals surface area contributed by atoms with E-state index in [0.29, 0.717) is 13.0 Å². The molecule has 4 nitrogen and oxygen atoms in total. The number of hydrogen-bond donors (Lipinski definition) is 2. The summed E-state index contributed by atoms with van der Waals surface area (Å²) in [6.07, 6.45) is 0.320. The lowest BCUT2D eigenvalue weighted by molar-refractivity contribution is -0.144. The van der Waals surface area contributed by atoms with E-state index < -0.39 is 11.5 Å². The molecule has 0 fully saturated rings. The van der Waals surface area contributed by atoms with Gasteiger partial charge in [-0.2, -0.15) is 0 Å². The SMILES string of the molecule is CCN(CC)CCNC(C)(Cc1ccc(F)cc1)C(=O)O. The topological polar surface area (TPSA) is 52.6 Å². The van der Waals surface area contributed by atoms with Crippen molar-refractivity contribution in [3.05, 3.63) is 35.6 Å². The highest BCUT2D eigenvalue weighted by Crippen LogP contribution is 2.14. The summed E-state index contributed by atoms with van der Waals surface area (Å²) >= 11 is 0. The first-order chi connectivity index (χ1) is 9.91. The van der Waals surface area contributed by atoms with Gasteiger partial charge in [0.1, 0.15) is 11.4 Å². The van der Waals surface area contributed by atoms with E-state index in [1.54, 1.807) is 19.1 Å². The molecule has 118 valence electrons. The minimum Gasteiger partial charge on any atom is -0.480 e. The molecule has 1 atom stereocenters. The maximum Gasteiger partial charge on any atom is 0.323 e. The van der Waals surface area contributed by atoms with Gasteiger partial charge in [0.2, 0.25) is 0 Å². The van der Waals surface area contributed by atoms with E-state index >= 15 is 0 Å². The number of carboxylic acids is 1. The Morgan fingerprint density at radius 2 is 1.86 bits per heavy atom. The summed E-state index contributed by atoms with van der Waals surface area (Å²) in [7, 11) is 0. The van der Waals surface area contributed by atoms with E-state index in [2.05, 4.69) is 24.1 Å². The summed E-state index contributed by atoms with van der Waals surface area (Å²) in [5.41, 5.74) is -0.248. The second-order valence-electron chi connectivity index (χ2n) is 5.39. The lowest BCUT2D eigenvalue weighted by atomic mass is 9.93. The molecule has 1 aromatic rings. The summed E-state index contributed by atoms with van der Waals surface area (Å²) in [6, 6.07) is 5.96. The van der Waals surface area contributed by atoms with Crippen LogP contribution in [0, 0.1) is 5.82 Å². The standard InChI is InChI=1S/C16H25FN2O2/c1-4-19(5-2)11-10-18-16(3,15(20)21)12-13-6-8-14(17)9-7-13/h6-9,18H,4-5,10-12H2,1-3H3,(H,20,21). The lowest BCUT2D eigenvalue weighted by Crippen LogP contribution is -2.53. The fraction of sp³-hybridized carbons (Fsp3) is 0.562. The van der Waals surface area contributed by atoms with E-state index in [0.717, 1.165) is 25.2 Å². The number of aliphatic carboxylic acids is 1. The molecule has 0 radical (unpaired) electrons. The van der Waals surface area contributed by atoms with Crippen molar-refractivity contribution in [2.24, 2.45) is 0 Å². The van der Waals surface area contributed by atoms with Crippen LogP contribution in [-0.2, 0) is 11.2 Å². The third kappa shape index (κ3) is 5.44. The van der Waals surface area contributed by atoms with E-state index in [4.69, 9.17) is 0 Å². The smallest absolute Gasteiger partial charge is 0.323 e. The molecular weight excluding hydrogens is 271 g/mol. The number of carboxylic acid groups (broad SMARTS) is 1. The third-order valence-electron chi connectivity index (χ3n) is 3.78. The molecule has 1 unspecified atom stereocenters. The molecule has 1 aromatic carbocycles. The van der Waals surface area contributed by atoms with Gasteiger partial charge in [-0.3, -0.25) is 4.79 Å². The molecule has 0 aliphatic rings. The number of rotatable bonds is 9. The molecule has 0 aliphatic carbocycles. The fourth-order valence-corrected chi connectivity index (χ4v) is 2.25. The first-order valence-corrected chi connectivity index (χ1v) is 7.36. The number of benzene rings is 1. The highest BCUT2D eigenvalue weighted by Gasteiger charge is 2.32. The molecule has 0 spiro atoms. The predicted octanol–water partition coefficient (Wildman–Crippen LogP) is 2.14. The third-order valence-corrected chi connectivity index (χ3v) is 3.78. The summed E-state index contributed by atoms with van der Waals surface area (Å²) in [5.74, 6) is -1.21. The Morgan fingerprint density at radius 1 is 1.29 bits per heavy atom. The van der Waals surface area contributed by atoms with Gasteiger partial charge in [-0.05, 0) is 37.7 Å². The summed E-state index contributed by atoms with van der Waals surface area (Å²) in [6.45, 7) is 9.13. The second-order valence-corrected chi connectivity index (χ2v) is 5.39. The Labute approximate surface area is 126 Å². The van der Waals surface area contributed by atoms with Crippen molar-refractivity contribution >= 4 is 5.97 Å². The summed E-state index contributed by atoms with van der Waals surface area (Å²) in [4.78, 5) is 13.8. The minimum atomic E-state index is -1.05. The van der Waals surface area contributed by atoms with Crippen LogP contribution >= 0.6 is 0 Å². The average Bonchev–Trinajstić information content (AvgIpc) is 2.46. The lowest BCUT2D eigenvalue weighted by Gasteiger charge is -2.28. The number of halogens is 1. The van der Waals surface area contributed by atoms with Crippen LogP contribution in [0.3, 0.4) is 0 Å². The number of nitrogens with zero attached hydrogens (tertiary/aromatic N) is 1. The zero-order valence-corrected chi connectivity index (χ0v) is 13.0. The number of likely N-dealkylation sites (N-methyl/N-ethyl adjacent to an activating group) is 1. The van der Waals surface area contributed by atoms with Gasteiger partial charge in [0.05, 0.1) is 0 Å². The fourth-order valence-electron chi connectivity index (χ4n) is 2.25. The molecule has 2 N–H and O–H groups in total. The van der Waals surface area contributed by atoms with Crippen molar-refractivity contribution in [1.29, 1.82) is 0 Å². The molecular formula is C16H25FN2O2. The van der Waals surface area contributed by atoms with Crippen LogP contribution in [-0.4, -0.2) is 47.7 Å². The van der Waals surface area contributed by atoms with Gasteiger partial charge in [0.15, 0.2) is 0 Å². The van der Waals surface area contributed by atoms with Crippen molar-refractivity contribution in [3.8, 4) is 0 Å². The van der Waals surface area contributed by atoms with Crippen LogP contribution in [0.15, 0.2) is 24.3 Å². The van der Waals surface area contributed by atoms with E-state index in [-0.39, 0.29) is 5.82 Å². The Balaban J connectivity index is 2.65. The zero-order valence-electron chi connectivity index (χ0n) is 13.0. The molecule has 0 saturated carbocycles. The second kappa shape index (κ2) is 8.10. The van der Waals surface area contributed by atoms with Crippen LogP contribution in [0.5, 0.6) is 0 Å². The molecule has 0 saturated heterocycles. The highest BCUT2D eigenvalue weighted by molar-refractivity contribution is 5.78. The highest BCUT2D eigenvalue weighted by atomic mass is 19.1. The number of nitrogens with one attached hydrogen (secondary N) is 1. The Morgan fingerprint density at radius 3 is 2.33 bits per heavy atom. The minimum absolute atomic E-state index is 0.315.